The minimum Gasteiger partial charge on any atom is -0.496 e. The second kappa shape index (κ2) is 8.07. The molecule has 2 aliphatic heterocycles. The highest BCUT2D eigenvalue weighted by Crippen LogP contribution is 2.41. The average Bonchev–Trinajstić information content (AvgIpc) is 3.15. The number of nitrogens with zero attached hydrogens (tertiary/aromatic N) is 2. The van der Waals surface area contributed by atoms with Crippen molar-refractivity contribution in [2.24, 2.45) is 4.99 Å². The smallest absolute Gasteiger partial charge is 0.252 e. The van der Waals surface area contributed by atoms with Crippen LogP contribution in [0, 0.1) is 13.8 Å². The molecule has 4 rings (SSSR count). The Labute approximate surface area is 181 Å². The first-order chi connectivity index (χ1) is 14.3. The molecule has 1 amide bonds. The number of rotatable bonds is 4. The van der Waals surface area contributed by atoms with Crippen molar-refractivity contribution >= 4 is 38.4 Å². The van der Waals surface area contributed by atoms with Gasteiger partial charge in [-0.15, -0.1) is 0 Å². The highest BCUT2D eigenvalue weighted by Gasteiger charge is 2.49. The van der Waals surface area contributed by atoms with E-state index < -0.39 is 9.84 Å². The molecule has 2 aliphatic rings. The Bertz CT molecular complexity index is 1130. The van der Waals surface area contributed by atoms with Gasteiger partial charge >= 0.3 is 0 Å². The molecule has 158 valence electrons. The lowest BCUT2D eigenvalue weighted by Crippen LogP contribution is -2.37. The quantitative estimate of drug-likeness (QED) is 0.721. The van der Waals surface area contributed by atoms with E-state index in [0.717, 1.165) is 22.4 Å². The molecule has 0 unspecified atom stereocenters. The van der Waals surface area contributed by atoms with E-state index in [-0.39, 0.29) is 35.1 Å². The Hall–Kier alpha value is -2.32. The van der Waals surface area contributed by atoms with Crippen molar-refractivity contribution in [1.29, 1.82) is 0 Å². The van der Waals surface area contributed by atoms with Gasteiger partial charge in [0.15, 0.2) is 15.0 Å². The van der Waals surface area contributed by atoms with Crippen LogP contribution in [0.4, 0.5) is 5.69 Å². The second-order valence-electron chi connectivity index (χ2n) is 7.72. The highest BCUT2D eigenvalue weighted by atomic mass is 32.2. The molecule has 8 heteroatoms. The van der Waals surface area contributed by atoms with Crippen molar-refractivity contribution in [3.05, 3.63) is 59.2 Å². The molecule has 30 heavy (non-hydrogen) atoms. The Kier molecular flexibility index (Phi) is 5.63. The molecular weight excluding hydrogens is 420 g/mol. The van der Waals surface area contributed by atoms with Gasteiger partial charge in [0.2, 0.25) is 0 Å². The number of carbonyl (C=O) groups excluding carboxylic acids is 1. The third kappa shape index (κ3) is 4.11. The van der Waals surface area contributed by atoms with Gasteiger partial charge in [-0.1, -0.05) is 36.0 Å². The van der Waals surface area contributed by atoms with Gasteiger partial charge in [0.25, 0.3) is 5.91 Å². The normalized spacial score (nSPS) is 23.6. The predicted octanol–water partition coefficient (Wildman–Crippen LogP) is 3.16. The molecule has 0 spiro atoms. The fourth-order valence-corrected chi connectivity index (χ4v) is 7.83. The van der Waals surface area contributed by atoms with Crippen LogP contribution in [0.2, 0.25) is 0 Å². The first kappa shape index (κ1) is 20.9. The number of methoxy groups -OCH3 is 1. The standard InChI is InChI=1S/C22H24N2O4S2/c1-14-8-9-17(10-15(14)2)24-18-12-30(26,27)13-20(18)29-22(24)23-21(25)11-16-6-4-5-7-19(16)28-3/h4-10,18,20H,11-13H2,1-3H3/t18-,20-/m1/s1. The van der Waals surface area contributed by atoms with Crippen LogP contribution in [0.15, 0.2) is 47.5 Å². The number of thioether (sulfide) groups is 1. The van der Waals surface area contributed by atoms with Crippen molar-refractivity contribution in [3.8, 4) is 5.75 Å². The number of anilines is 1. The van der Waals surface area contributed by atoms with Crippen LogP contribution in [0.25, 0.3) is 0 Å². The molecule has 0 saturated carbocycles. The highest BCUT2D eigenvalue weighted by molar-refractivity contribution is 8.16. The molecule has 0 aliphatic carbocycles. The number of fused-ring (bicyclic) bond motifs is 1. The number of hydrogen-bond acceptors (Lipinski definition) is 5. The summed E-state index contributed by atoms with van der Waals surface area (Å²) in [6.45, 7) is 4.06. The third-order valence-corrected chi connectivity index (χ3v) is 8.80. The predicted molar refractivity (Wildman–Crippen MR) is 121 cm³/mol. The van der Waals surface area contributed by atoms with Crippen molar-refractivity contribution in [2.45, 2.75) is 31.6 Å². The second-order valence-corrected chi connectivity index (χ2v) is 11.1. The minimum absolute atomic E-state index is 0.0807. The minimum atomic E-state index is -3.09. The van der Waals surface area contributed by atoms with Crippen molar-refractivity contribution in [2.75, 3.05) is 23.5 Å². The summed E-state index contributed by atoms with van der Waals surface area (Å²) in [5.41, 5.74) is 3.92. The largest absolute Gasteiger partial charge is 0.496 e. The number of benzene rings is 2. The number of para-hydroxylation sites is 1. The Morgan fingerprint density at radius 1 is 1.17 bits per heavy atom. The third-order valence-electron chi connectivity index (χ3n) is 5.59. The van der Waals surface area contributed by atoms with E-state index in [0.29, 0.717) is 10.9 Å². The number of aryl methyl sites for hydroxylation is 2. The van der Waals surface area contributed by atoms with Crippen molar-refractivity contribution < 1.29 is 17.9 Å². The Balaban J connectivity index is 1.66. The van der Waals surface area contributed by atoms with Gasteiger partial charge in [-0.25, -0.2) is 8.42 Å². The molecule has 2 atom stereocenters. The van der Waals surface area contributed by atoms with E-state index in [9.17, 15) is 13.2 Å². The van der Waals surface area contributed by atoms with Crippen LogP contribution in [0.5, 0.6) is 5.75 Å². The topological polar surface area (TPSA) is 76.0 Å². The van der Waals surface area contributed by atoms with Gasteiger partial charge in [-0.3, -0.25) is 4.79 Å². The molecular formula is C22H24N2O4S2. The fourth-order valence-electron chi connectivity index (χ4n) is 3.90. The molecule has 0 aromatic heterocycles. The lowest BCUT2D eigenvalue weighted by atomic mass is 10.1. The maximum absolute atomic E-state index is 12.8. The van der Waals surface area contributed by atoms with Crippen LogP contribution in [0.1, 0.15) is 16.7 Å². The van der Waals surface area contributed by atoms with E-state index in [1.165, 1.54) is 11.8 Å². The fraction of sp³-hybridized carbons (Fsp3) is 0.364. The zero-order valence-corrected chi connectivity index (χ0v) is 18.8. The van der Waals surface area contributed by atoms with E-state index in [1.54, 1.807) is 7.11 Å². The molecule has 2 aromatic rings. The summed E-state index contributed by atoms with van der Waals surface area (Å²) in [6.07, 6.45) is 0.127. The van der Waals surface area contributed by atoms with Gasteiger partial charge in [-0.2, -0.15) is 4.99 Å². The molecule has 0 N–H and O–H groups in total. The number of aliphatic imine (C=N–C) groups is 1. The van der Waals surface area contributed by atoms with Crippen LogP contribution in [0.3, 0.4) is 0 Å². The van der Waals surface area contributed by atoms with Gasteiger partial charge in [0.1, 0.15) is 5.75 Å². The first-order valence-corrected chi connectivity index (χ1v) is 12.4. The number of amides is 1. The molecule has 2 saturated heterocycles. The zero-order valence-electron chi connectivity index (χ0n) is 17.2. The van der Waals surface area contributed by atoms with E-state index in [1.807, 2.05) is 61.2 Å². The summed E-state index contributed by atoms with van der Waals surface area (Å²) >= 11 is 1.39. The van der Waals surface area contributed by atoms with E-state index in [2.05, 4.69) is 4.99 Å². The zero-order chi connectivity index (χ0) is 21.5. The summed E-state index contributed by atoms with van der Waals surface area (Å²) in [5, 5.41) is 0.456. The molecule has 0 bridgehead atoms. The first-order valence-electron chi connectivity index (χ1n) is 9.74. The summed E-state index contributed by atoms with van der Waals surface area (Å²) in [7, 11) is -1.52. The number of hydrogen-bond donors (Lipinski definition) is 0. The Morgan fingerprint density at radius 3 is 2.67 bits per heavy atom. The molecule has 6 nitrogen and oxygen atoms in total. The summed E-state index contributed by atoms with van der Waals surface area (Å²) in [4.78, 5) is 19.1. The average molecular weight is 445 g/mol. The Morgan fingerprint density at radius 2 is 1.93 bits per heavy atom. The summed E-state index contributed by atoms with van der Waals surface area (Å²) in [6, 6.07) is 13.2. The number of sulfone groups is 1. The van der Waals surface area contributed by atoms with Gasteiger partial charge in [0, 0.05) is 16.5 Å². The number of carbonyl (C=O) groups is 1. The summed E-state index contributed by atoms with van der Waals surface area (Å²) < 4.78 is 29.8. The lowest BCUT2D eigenvalue weighted by Gasteiger charge is -2.25. The van der Waals surface area contributed by atoms with Crippen molar-refractivity contribution in [1.82, 2.24) is 0 Å². The van der Waals surface area contributed by atoms with Gasteiger partial charge in [0.05, 0.1) is 31.1 Å². The molecule has 2 fully saturated rings. The molecule has 2 heterocycles. The molecule has 0 radical (unpaired) electrons. The van der Waals surface area contributed by atoms with Crippen LogP contribution >= 0.6 is 11.8 Å². The van der Waals surface area contributed by atoms with Gasteiger partial charge < -0.3 is 9.64 Å². The number of amidine groups is 1. The van der Waals surface area contributed by atoms with Crippen LogP contribution in [-0.4, -0.2) is 49.4 Å². The van der Waals surface area contributed by atoms with Gasteiger partial charge in [-0.05, 0) is 43.2 Å². The SMILES string of the molecule is COc1ccccc1CC(=O)N=C1S[C@@H]2CS(=O)(=O)C[C@H]2N1c1ccc(C)c(C)c1. The summed E-state index contributed by atoms with van der Waals surface area (Å²) in [5.74, 6) is 0.568. The van der Waals surface area contributed by atoms with Crippen molar-refractivity contribution in [3.63, 3.8) is 0 Å². The van der Waals surface area contributed by atoms with Crippen LogP contribution in [-0.2, 0) is 21.1 Å². The lowest BCUT2D eigenvalue weighted by molar-refractivity contribution is -0.117. The van der Waals surface area contributed by atoms with E-state index in [4.69, 9.17) is 4.74 Å². The maximum Gasteiger partial charge on any atom is 0.252 e. The monoisotopic (exact) mass is 444 g/mol. The molecule has 2 aromatic carbocycles. The number of ether oxygens (including phenoxy) is 1. The van der Waals surface area contributed by atoms with E-state index >= 15 is 0 Å². The van der Waals surface area contributed by atoms with Crippen LogP contribution < -0.4 is 9.64 Å². The maximum atomic E-state index is 12.8.